The van der Waals surface area contributed by atoms with Gasteiger partial charge in [0.05, 0.1) is 23.6 Å². The fourth-order valence-corrected chi connectivity index (χ4v) is 5.67. The zero-order valence-corrected chi connectivity index (χ0v) is 18.4. The predicted octanol–water partition coefficient (Wildman–Crippen LogP) is 4.96. The van der Waals surface area contributed by atoms with Crippen LogP contribution in [0.5, 0.6) is 0 Å². The molecule has 31 heavy (non-hydrogen) atoms. The summed E-state index contributed by atoms with van der Waals surface area (Å²) in [6.07, 6.45) is 6.40. The van der Waals surface area contributed by atoms with Gasteiger partial charge in [0.25, 0.3) is 5.91 Å². The van der Waals surface area contributed by atoms with Crippen molar-refractivity contribution in [2.24, 2.45) is 5.10 Å². The normalized spacial score (nSPS) is 17.8. The minimum Gasteiger partial charge on any atom is -0.463 e. The summed E-state index contributed by atoms with van der Waals surface area (Å²) in [6.45, 7) is 0. The predicted molar refractivity (Wildman–Crippen MR) is 120 cm³/mol. The Morgan fingerprint density at radius 3 is 3.00 bits per heavy atom. The summed E-state index contributed by atoms with van der Waals surface area (Å²) in [5, 5.41) is 18.4. The number of carbonyl (C=O) groups excluding carboxylic acids is 1. The number of furan rings is 1. The molecule has 1 atom stereocenters. The SMILES string of the molecule is N#Cc1cc2c(nc1SCC(=O)N1N=C(c3ccco3)CC1c1cccs1)CCCC2. The lowest BCUT2D eigenvalue weighted by Gasteiger charge is -2.21. The number of hydrogen-bond donors (Lipinski definition) is 0. The highest BCUT2D eigenvalue weighted by Gasteiger charge is 2.34. The summed E-state index contributed by atoms with van der Waals surface area (Å²) in [4.78, 5) is 19.0. The summed E-state index contributed by atoms with van der Waals surface area (Å²) in [6, 6.07) is 11.8. The van der Waals surface area contributed by atoms with Crippen molar-refractivity contribution in [1.29, 1.82) is 5.26 Å². The molecule has 1 amide bonds. The van der Waals surface area contributed by atoms with E-state index in [2.05, 4.69) is 11.2 Å². The minimum atomic E-state index is -0.139. The third-order valence-corrected chi connectivity index (χ3v) is 7.51. The molecule has 1 aliphatic heterocycles. The van der Waals surface area contributed by atoms with Gasteiger partial charge in [-0.05, 0) is 60.9 Å². The lowest BCUT2D eigenvalue weighted by Crippen LogP contribution is -2.28. The average Bonchev–Trinajstić information content (AvgIpc) is 3.56. The number of rotatable bonds is 5. The van der Waals surface area contributed by atoms with E-state index in [0.717, 1.165) is 42.0 Å². The van der Waals surface area contributed by atoms with E-state index >= 15 is 0 Å². The number of hydrazone groups is 1. The highest BCUT2D eigenvalue weighted by molar-refractivity contribution is 8.00. The van der Waals surface area contributed by atoms with E-state index < -0.39 is 0 Å². The van der Waals surface area contributed by atoms with Crippen molar-refractivity contribution in [3.8, 4) is 6.07 Å². The molecule has 0 N–H and O–H groups in total. The Morgan fingerprint density at radius 2 is 2.23 bits per heavy atom. The second-order valence-electron chi connectivity index (χ2n) is 7.55. The Balaban J connectivity index is 1.37. The number of hydrogen-bond acceptors (Lipinski definition) is 7. The van der Waals surface area contributed by atoms with Crippen LogP contribution in [0.2, 0.25) is 0 Å². The van der Waals surface area contributed by atoms with Crippen LogP contribution in [0.1, 0.15) is 52.8 Å². The maximum Gasteiger partial charge on any atom is 0.253 e. The van der Waals surface area contributed by atoms with Crippen molar-refractivity contribution in [2.45, 2.75) is 43.2 Å². The second-order valence-corrected chi connectivity index (χ2v) is 9.50. The molecule has 0 aromatic carbocycles. The second kappa shape index (κ2) is 8.69. The van der Waals surface area contributed by atoms with Gasteiger partial charge in [-0.25, -0.2) is 9.99 Å². The van der Waals surface area contributed by atoms with Gasteiger partial charge in [0.2, 0.25) is 0 Å². The number of amides is 1. The highest BCUT2D eigenvalue weighted by atomic mass is 32.2. The first-order valence-corrected chi connectivity index (χ1v) is 12.1. The van der Waals surface area contributed by atoms with Gasteiger partial charge in [0, 0.05) is 17.0 Å². The van der Waals surface area contributed by atoms with Gasteiger partial charge in [-0.3, -0.25) is 4.79 Å². The van der Waals surface area contributed by atoms with Crippen molar-refractivity contribution < 1.29 is 9.21 Å². The van der Waals surface area contributed by atoms with Crippen LogP contribution in [0.25, 0.3) is 0 Å². The average molecular weight is 449 g/mol. The molecule has 0 fully saturated rings. The summed E-state index contributed by atoms with van der Waals surface area (Å²) in [7, 11) is 0. The number of nitriles is 1. The molecule has 3 aromatic rings. The number of thioether (sulfide) groups is 1. The smallest absolute Gasteiger partial charge is 0.253 e. The van der Waals surface area contributed by atoms with Crippen LogP contribution in [0.4, 0.5) is 0 Å². The number of nitrogens with zero attached hydrogens (tertiary/aromatic N) is 4. The topological polar surface area (TPSA) is 82.5 Å². The van der Waals surface area contributed by atoms with Crippen molar-refractivity contribution in [3.63, 3.8) is 0 Å². The molecule has 0 bridgehead atoms. The fourth-order valence-electron chi connectivity index (χ4n) is 4.04. The molecular weight excluding hydrogens is 428 g/mol. The molecule has 6 nitrogen and oxygen atoms in total. The van der Waals surface area contributed by atoms with Crippen LogP contribution >= 0.6 is 23.1 Å². The first-order valence-electron chi connectivity index (χ1n) is 10.3. The number of pyridine rings is 1. The Hall–Kier alpha value is -2.89. The lowest BCUT2D eigenvalue weighted by molar-refractivity contribution is -0.130. The van der Waals surface area contributed by atoms with Crippen molar-refractivity contribution in [1.82, 2.24) is 9.99 Å². The first-order chi connectivity index (χ1) is 15.2. The summed E-state index contributed by atoms with van der Waals surface area (Å²) < 4.78 is 5.51. The molecule has 0 spiro atoms. The maximum absolute atomic E-state index is 13.2. The third-order valence-electron chi connectivity index (χ3n) is 5.56. The number of carbonyl (C=O) groups is 1. The van der Waals surface area contributed by atoms with E-state index in [1.54, 1.807) is 22.6 Å². The summed E-state index contributed by atoms with van der Waals surface area (Å²) >= 11 is 2.94. The van der Waals surface area contributed by atoms with Crippen LogP contribution in [0.15, 0.2) is 56.5 Å². The standard InChI is InChI=1S/C23H20N4O2S2/c24-13-16-11-15-5-1-2-6-17(15)25-23(16)31-14-22(28)27-19(21-8-4-10-30-21)12-18(26-27)20-7-3-9-29-20/h3-4,7-11,19H,1-2,5-6,12,14H2. The molecular formula is C23H20N4O2S2. The zero-order chi connectivity index (χ0) is 21.2. The fraction of sp³-hybridized carbons (Fsp3) is 0.304. The van der Waals surface area contributed by atoms with E-state index in [4.69, 9.17) is 9.40 Å². The highest BCUT2D eigenvalue weighted by Crippen LogP contribution is 2.36. The molecule has 0 saturated heterocycles. The van der Waals surface area contributed by atoms with Crippen LogP contribution in [0, 0.1) is 11.3 Å². The van der Waals surface area contributed by atoms with Gasteiger partial charge in [-0.2, -0.15) is 10.4 Å². The van der Waals surface area contributed by atoms with E-state index in [1.165, 1.54) is 17.3 Å². The van der Waals surface area contributed by atoms with Gasteiger partial charge in [-0.15, -0.1) is 11.3 Å². The number of thiophene rings is 1. The molecule has 1 aliphatic carbocycles. The maximum atomic E-state index is 13.2. The Kier molecular flexibility index (Phi) is 5.62. The van der Waals surface area contributed by atoms with Crippen molar-refractivity contribution in [3.05, 3.63) is 69.4 Å². The number of aromatic nitrogens is 1. The molecule has 156 valence electrons. The summed E-state index contributed by atoms with van der Waals surface area (Å²) in [5.74, 6) is 0.762. The molecule has 1 unspecified atom stereocenters. The van der Waals surface area contributed by atoms with E-state index in [9.17, 15) is 10.1 Å². The molecule has 3 aromatic heterocycles. The summed E-state index contributed by atoms with van der Waals surface area (Å²) in [5.41, 5.74) is 3.56. The molecule has 4 heterocycles. The van der Waals surface area contributed by atoms with E-state index in [-0.39, 0.29) is 17.7 Å². The number of aryl methyl sites for hydroxylation is 2. The molecule has 2 aliphatic rings. The largest absolute Gasteiger partial charge is 0.463 e. The molecule has 0 radical (unpaired) electrons. The zero-order valence-electron chi connectivity index (χ0n) is 16.8. The first kappa shape index (κ1) is 20.0. The van der Waals surface area contributed by atoms with E-state index in [1.807, 2.05) is 35.7 Å². The van der Waals surface area contributed by atoms with Crippen LogP contribution in [0.3, 0.4) is 0 Å². The van der Waals surface area contributed by atoms with Gasteiger partial charge in [-0.1, -0.05) is 17.8 Å². The molecule has 5 rings (SSSR count). The third kappa shape index (κ3) is 4.03. The Labute approximate surface area is 188 Å². The Bertz CT molecular complexity index is 1160. The van der Waals surface area contributed by atoms with Gasteiger partial charge < -0.3 is 4.42 Å². The lowest BCUT2D eigenvalue weighted by atomic mass is 9.95. The van der Waals surface area contributed by atoms with Gasteiger partial charge in [0.1, 0.15) is 22.6 Å². The van der Waals surface area contributed by atoms with Crippen LogP contribution in [-0.2, 0) is 17.6 Å². The number of fused-ring (bicyclic) bond motifs is 1. The van der Waals surface area contributed by atoms with Gasteiger partial charge in [0.15, 0.2) is 0 Å². The molecule has 0 saturated carbocycles. The van der Waals surface area contributed by atoms with Crippen LogP contribution < -0.4 is 0 Å². The minimum absolute atomic E-state index is 0.103. The Morgan fingerprint density at radius 1 is 1.32 bits per heavy atom. The van der Waals surface area contributed by atoms with Crippen LogP contribution in [-0.4, -0.2) is 27.4 Å². The molecule has 8 heteroatoms. The quantitative estimate of drug-likeness (QED) is 0.516. The van der Waals surface area contributed by atoms with Gasteiger partial charge >= 0.3 is 0 Å². The van der Waals surface area contributed by atoms with Crippen molar-refractivity contribution in [2.75, 3.05) is 5.75 Å². The van der Waals surface area contributed by atoms with Crippen molar-refractivity contribution >= 4 is 34.7 Å². The monoisotopic (exact) mass is 448 g/mol. The van der Waals surface area contributed by atoms with E-state index in [0.29, 0.717) is 22.8 Å².